The Balaban J connectivity index is 2.02. The van der Waals surface area contributed by atoms with Gasteiger partial charge in [-0.3, -0.25) is 4.40 Å². The van der Waals surface area contributed by atoms with E-state index < -0.39 is 32.7 Å². The average molecular weight is 430 g/mol. The van der Waals surface area contributed by atoms with E-state index in [1.165, 1.54) is 17.8 Å². The zero-order chi connectivity index (χ0) is 20.4. The van der Waals surface area contributed by atoms with Gasteiger partial charge < -0.3 is 0 Å². The van der Waals surface area contributed by atoms with Crippen LogP contribution >= 0.6 is 11.8 Å². The van der Waals surface area contributed by atoms with Crippen molar-refractivity contribution in [2.24, 2.45) is 0 Å². The van der Waals surface area contributed by atoms with Crippen LogP contribution in [0.4, 0.5) is 13.2 Å². The summed E-state index contributed by atoms with van der Waals surface area (Å²) in [6, 6.07) is 8.46. The fourth-order valence-electron chi connectivity index (χ4n) is 2.76. The van der Waals surface area contributed by atoms with Crippen LogP contribution in [0.2, 0.25) is 0 Å². The molecule has 0 bridgehead atoms. The largest absolute Gasteiger partial charge is 0.417 e. The SMILES string of the molecule is CSCC[C@H](NS(=O)(=O)c1ccccc1C(F)(F)F)c1nnc2ccccn12. The Bertz CT molecular complexity index is 1070. The van der Waals surface area contributed by atoms with Crippen LogP contribution in [0.15, 0.2) is 53.6 Å². The van der Waals surface area contributed by atoms with E-state index in [0.29, 0.717) is 23.6 Å². The second-order valence-corrected chi connectivity index (χ2v) is 8.60. The molecule has 2 aromatic heterocycles. The molecule has 1 aromatic carbocycles. The van der Waals surface area contributed by atoms with E-state index in [-0.39, 0.29) is 0 Å². The Morgan fingerprint density at radius 3 is 2.57 bits per heavy atom. The maximum Gasteiger partial charge on any atom is 0.417 e. The Morgan fingerprint density at radius 1 is 1.14 bits per heavy atom. The lowest BCUT2D eigenvalue weighted by Gasteiger charge is -2.19. The minimum atomic E-state index is -4.79. The summed E-state index contributed by atoms with van der Waals surface area (Å²) in [6.07, 6.45) is -0.924. The predicted octanol–water partition coefficient (Wildman–Crippen LogP) is 3.52. The Morgan fingerprint density at radius 2 is 1.86 bits per heavy atom. The first kappa shape index (κ1) is 20.6. The minimum Gasteiger partial charge on any atom is -0.285 e. The minimum absolute atomic E-state index is 0.317. The molecule has 0 saturated heterocycles. The summed E-state index contributed by atoms with van der Waals surface area (Å²) >= 11 is 1.49. The molecular weight excluding hydrogens is 413 g/mol. The first-order chi connectivity index (χ1) is 13.2. The third kappa shape index (κ3) is 4.31. The van der Waals surface area contributed by atoms with Crippen LogP contribution in [0.3, 0.4) is 0 Å². The fourth-order valence-corrected chi connectivity index (χ4v) is 4.69. The number of nitrogens with one attached hydrogen (secondary N) is 1. The average Bonchev–Trinajstić information content (AvgIpc) is 3.08. The van der Waals surface area contributed by atoms with Gasteiger partial charge in [-0.15, -0.1) is 10.2 Å². The quantitative estimate of drug-likeness (QED) is 0.621. The number of hydrogen-bond acceptors (Lipinski definition) is 5. The molecule has 0 unspecified atom stereocenters. The van der Waals surface area contributed by atoms with Crippen LogP contribution in [-0.2, 0) is 16.2 Å². The zero-order valence-electron chi connectivity index (χ0n) is 14.7. The number of nitrogens with zero attached hydrogens (tertiary/aromatic N) is 3. The molecule has 2 heterocycles. The van der Waals surface area contributed by atoms with Crippen LogP contribution in [-0.4, -0.2) is 35.0 Å². The van der Waals surface area contributed by atoms with Crippen LogP contribution in [0.25, 0.3) is 5.65 Å². The molecule has 3 rings (SSSR count). The van der Waals surface area contributed by atoms with E-state index in [4.69, 9.17) is 0 Å². The summed E-state index contributed by atoms with van der Waals surface area (Å²) in [7, 11) is -4.46. The molecule has 1 atom stereocenters. The van der Waals surface area contributed by atoms with Crippen molar-refractivity contribution < 1.29 is 21.6 Å². The van der Waals surface area contributed by atoms with Crippen molar-refractivity contribution in [1.82, 2.24) is 19.3 Å². The number of benzene rings is 1. The highest BCUT2D eigenvalue weighted by molar-refractivity contribution is 7.98. The monoisotopic (exact) mass is 430 g/mol. The number of sulfonamides is 1. The molecule has 0 radical (unpaired) electrons. The first-order valence-electron chi connectivity index (χ1n) is 8.21. The van der Waals surface area contributed by atoms with Crippen molar-refractivity contribution in [2.75, 3.05) is 12.0 Å². The zero-order valence-corrected chi connectivity index (χ0v) is 16.4. The molecule has 11 heteroatoms. The van der Waals surface area contributed by atoms with Crippen molar-refractivity contribution in [3.8, 4) is 0 Å². The maximum absolute atomic E-state index is 13.3. The van der Waals surface area contributed by atoms with Gasteiger partial charge in [-0.1, -0.05) is 18.2 Å². The van der Waals surface area contributed by atoms with Crippen molar-refractivity contribution in [3.63, 3.8) is 0 Å². The summed E-state index contributed by atoms with van der Waals surface area (Å²) in [6.45, 7) is 0. The van der Waals surface area contributed by atoms with Gasteiger partial charge in [0.25, 0.3) is 0 Å². The van der Waals surface area contributed by atoms with E-state index in [9.17, 15) is 21.6 Å². The number of fused-ring (bicyclic) bond motifs is 1. The topological polar surface area (TPSA) is 76.4 Å². The Labute approximate surface area is 164 Å². The third-order valence-corrected chi connectivity index (χ3v) is 6.22. The summed E-state index contributed by atoms with van der Waals surface area (Å²) in [5, 5.41) is 8.05. The molecule has 28 heavy (non-hydrogen) atoms. The van der Waals surface area contributed by atoms with Crippen LogP contribution in [0.5, 0.6) is 0 Å². The van der Waals surface area contributed by atoms with Crippen molar-refractivity contribution in [3.05, 3.63) is 60.0 Å². The second-order valence-electron chi connectivity index (χ2n) is 5.94. The molecule has 0 fully saturated rings. The van der Waals surface area contributed by atoms with E-state index in [1.54, 1.807) is 28.8 Å². The molecule has 0 amide bonds. The smallest absolute Gasteiger partial charge is 0.285 e. The number of rotatable bonds is 7. The summed E-state index contributed by atoms with van der Waals surface area (Å²) in [4.78, 5) is -0.814. The van der Waals surface area contributed by atoms with Gasteiger partial charge in [0.05, 0.1) is 16.5 Å². The molecule has 150 valence electrons. The number of aromatic nitrogens is 3. The molecule has 0 spiro atoms. The number of alkyl halides is 3. The molecule has 0 aliphatic heterocycles. The number of thioether (sulfide) groups is 1. The van der Waals surface area contributed by atoms with Crippen LogP contribution < -0.4 is 4.72 Å². The van der Waals surface area contributed by atoms with E-state index in [0.717, 1.165) is 18.2 Å². The highest BCUT2D eigenvalue weighted by Crippen LogP contribution is 2.34. The summed E-state index contributed by atoms with van der Waals surface area (Å²) in [5.74, 6) is 0.897. The Hall–Kier alpha value is -2.11. The van der Waals surface area contributed by atoms with Gasteiger partial charge in [-0.05, 0) is 42.7 Å². The first-order valence-corrected chi connectivity index (χ1v) is 11.1. The van der Waals surface area contributed by atoms with E-state index in [1.807, 2.05) is 6.26 Å². The van der Waals surface area contributed by atoms with Gasteiger partial charge in [0.2, 0.25) is 10.0 Å². The van der Waals surface area contributed by atoms with Gasteiger partial charge in [-0.2, -0.15) is 24.9 Å². The highest BCUT2D eigenvalue weighted by Gasteiger charge is 2.37. The number of pyridine rings is 1. The number of halogens is 3. The van der Waals surface area contributed by atoms with E-state index in [2.05, 4.69) is 14.9 Å². The van der Waals surface area contributed by atoms with E-state index >= 15 is 0 Å². The normalized spacial score (nSPS) is 13.7. The fraction of sp³-hybridized carbons (Fsp3) is 0.294. The second kappa shape index (κ2) is 8.10. The molecule has 0 aliphatic carbocycles. The van der Waals surface area contributed by atoms with Gasteiger partial charge in [0, 0.05) is 6.20 Å². The summed E-state index contributed by atoms with van der Waals surface area (Å²) in [5.41, 5.74) is -0.696. The highest BCUT2D eigenvalue weighted by atomic mass is 32.2. The predicted molar refractivity (Wildman–Crippen MR) is 100 cm³/mol. The van der Waals surface area contributed by atoms with Gasteiger partial charge in [0.15, 0.2) is 11.5 Å². The molecular formula is C17H17F3N4O2S2. The molecule has 1 N–H and O–H groups in total. The van der Waals surface area contributed by atoms with Crippen molar-refractivity contribution >= 4 is 27.4 Å². The Kier molecular flexibility index (Phi) is 5.96. The maximum atomic E-state index is 13.3. The molecule has 6 nitrogen and oxygen atoms in total. The lowest BCUT2D eigenvalue weighted by Crippen LogP contribution is -2.32. The molecule has 0 saturated carbocycles. The molecule has 3 aromatic rings. The van der Waals surface area contributed by atoms with Gasteiger partial charge in [0.1, 0.15) is 0 Å². The van der Waals surface area contributed by atoms with Gasteiger partial charge >= 0.3 is 6.18 Å². The van der Waals surface area contributed by atoms with Gasteiger partial charge in [-0.25, -0.2) is 13.1 Å². The van der Waals surface area contributed by atoms with Crippen molar-refractivity contribution in [1.29, 1.82) is 0 Å². The molecule has 0 aliphatic rings. The van der Waals surface area contributed by atoms with Crippen LogP contribution in [0.1, 0.15) is 23.9 Å². The summed E-state index contributed by atoms with van der Waals surface area (Å²) < 4.78 is 69.5. The lowest BCUT2D eigenvalue weighted by molar-refractivity contribution is -0.139. The van der Waals surface area contributed by atoms with Crippen LogP contribution in [0, 0.1) is 0 Å². The van der Waals surface area contributed by atoms with Crippen molar-refractivity contribution in [2.45, 2.75) is 23.5 Å². The standard InChI is InChI=1S/C17H17F3N4O2S2/c1-27-11-9-13(16-22-21-15-8-4-5-10-24(15)16)23-28(25,26)14-7-3-2-6-12(14)17(18,19)20/h2-8,10,13,23H,9,11H2,1H3/t13-/m0/s1. The lowest BCUT2D eigenvalue weighted by atomic mass is 10.2. The third-order valence-electron chi connectivity index (χ3n) is 4.04. The number of hydrogen-bond donors (Lipinski definition) is 1.